The monoisotopic (exact) mass is 382 g/mol. The molecule has 0 bridgehead atoms. The van der Waals surface area contributed by atoms with Crippen molar-refractivity contribution in [2.45, 2.75) is 111 Å². The molecule has 0 amide bonds. The molecule has 0 heterocycles. The first-order valence-corrected chi connectivity index (χ1v) is 11.3. The average Bonchev–Trinajstić information content (AvgIpc) is 2.73. The first-order valence-electron chi connectivity index (χ1n) is 11.3. The minimum absolute atomic E-state index is 0.127. The molecule has 0 aromatic heterocycles. The van der Waals surface area contributed by atoms with Crippen molar-refractivity contribution in [1.82, 2.24) is 0 Å². The van der Waals surface area contributed by atoms with Gasteiger partial charge in [-0.3, -0.25) is 0 Å². The summed E-state index contributed by atoms with van der Waals surface area (Å²) in [5.41, 5.74) is 2.72. The Morgan fingerprint density at radius 1 is 0.778 bits per heavy atom. The lowest BCUT2D eigenvalue weighted by Crippen LogP contribution is -2.31. The van der Waals surface area contributed by atoms with Crippen molar-refractivity contribution in [2.24, 2.45) is 5.41 Å². The third kappa shape index (κ3) is 12.3. The van der Waals surface area contributed by atoms with Crippen LogP contribution in [0.25, 0.3) is 0 Å². The molecule has 0 unspecified atom stereocenters. The standard InChI is InChI=1S/C16H30O.C8H16O2/c1-5-9-11-15(7-3)13-17-14-16(8-4)12-10-6-2;9-6-8(7-10)4-2-1-3-5-8/h13-14H,5-12H2,1-4H3;9-10H,1-7H2. The van der Waals surface area contributed by atoms with Gasteiger partial charge in [0, 0.05) is 5.41 Å². The fourth-order valence-electron chi connectivity index (χ4n) is 3.34. The van der Waals surface area contributed by atoms with E-state index in [1.807, 2.05) is 12.5 Å². The van der Waals surface area contributed by atoms with Crippen LogP contribution in [0.4, 0.5) is 0 Å². The Labute approximate surface area is 168 Å². The fourth-order valence-corrected chi connectivity index (χ4v) is 3.34. The molecule has 2 N–H and O–H groups in total. The van der Waals surface area contributed by atoms with E-state index in [1.54, 1.807) is 0 Å². The summed E-state index contributed by atoms with van der Waals surface area (Å²) in [6.07, 6.45) is 19.1. The molecule has 0 aromatic rings. The SMILES string of the molecule is CCCCC(=COC=C(CC)CCCC)CC.OCC1(CO)CCCCC1. The molecular formula is C24H46O3. The molecule has 160 valence electrons. The van der Waals surface area contributed by atoms with E-state index in [4.69, 9.17) is 14.9 Å². The van der Waals surface area contributed by atoms with Crippen molar-refractivity contribution >= 4 is 0 Å². The van der Waals surface area contributed by atoms with E-state index >= 15 is 0 Å². The Balaban J connectivity index is 0.000000569. The zero-order valence-corrected chi connectivity index (χ0v) is 18.6. The summed E-state index contributed by atoms with van der Waals surface area (Å²) in [4.78, 5) is 0. The molecule has 0 radical (unpaired) electrons. The summed E-state index contributed by atoms with van der Waals surface area (Å²) in [6.45, 7) is 9.17. The second-order valence-corrected chi connectivity index (χ2v) is 7.98. The van der Waals surface area contributed by atoms with Crippen molar-refractivity contribution in [3.63, 3.8) is 0 Å². The lowest BCUT2D eigenvalue weighted by molar-refractivity contribution is 0.0234. The van der Waals surface area contributed by atoms with Crippen LogP contribution in [0.1, 0.15) is 111 Å². The fraction of sp³-hybridized carbons (Fsp3) is 0.833. The number of ether oxygens (including phenoxy) is 1. The number of hydrogen-bond donors (Lipinski definition) is 2. The first kappa shape index (κ1) is 26.2. The van der Waals surface area contributed by atoms with E-state index in [0.29, 0.717) is 0 Å². The predicted octanol–water partition coefficient (Wildman–Crippen LogP) is 6.89. The smallest absolute Gasteiger partial charge is 0.0893 e. The highest BCUT2D eigenvalue weighted by atomic mass is 16.5. The number of rotatable bonds is 12. The second-order valence-electron chi connectivity index (χ2n) is 7.98. The van der Waals surface area contributed by atoms with Crippen molar-refractivity contribution < 1.29 is 14.9 Å². The van der Waals surface area contributed by atoms with Gasteiger partial charge in [0.1, 0.15) is 0 Å². The number of allylic oxidation sites excluding steroid dienone is 2. The second kappa shape index (κ2) is 17.3. The summed E-state index contributed by atoms with van der Waals surface area (Å²) < 4.78 is 5.61. The average molecular weight is 383 g/mol. The van der Waals surface area contributed by atoms with Gasteiger partial charge in [-0.2, -0.15) is 0 Å². The van der Waals surface area contributed by atoms with E-state index in [-0.39, 0.29) is 18.6 Å². The molecule has 1 saturated carbocycles. The molecule has 3 heteroatoms. The van der Waals surface area contributed by atoms with Gasteiger partial charge in [-0.1, -0.05) is 59.8 Å². The molecular weight excluding hydrogens is 336 g/mol. The summed E-state index contributed by atoms with van der Waals surface area (Å²) in [6, 6.07) is 0. The van der Waals surface area contributed by atoms with Crippen LogP contribution >= 0.6 is 0 Å². The van der Waals surface area contributed by atoms with Crippen molar-refractivity contribution in [1.29, 1.82) is 0 Å². The number of aliphatic hydroxyl groups excluding tert-OH is 2. The van der Waals surface area contributed by atoms with E-state index in [2.05, 4.69) is 27.7 Å². The molecule has 1 fully saturated rings. The van der Waals surface area contributed by atoms with Crippen LogP contribution in [-0.2, 0) is 4.74 Å². The van der Waals surface area contributed by atoms with Crippen molar-refractivity contribution in [2.75, 3.05) is 13.2 Å². The maximum atomic E-state index is 8.98. The van der Waals surface area contributed by atoms with Gasteiger partial charge in [0.25, 0.3) is 0 Å². The largest absolute Gasteiger partial charge is 0.473 e. The topological polar surface area (TPSA) is 49.7 Å². The van der Waals surface area contributed by atoms with Crippen molar-refractivity contribution in [3.8, 4) is 0 Å². The van der Waals surface area contributed by atoms with Crippen LogP contribution in [0.5, 0.6) is 0 Å². The number of hydrogen-bond acceptors (Lipinski definition) is 3. The maximum Gasteiger partial charge on any atom is 0.0893 e. The lowest BCUT2D eigenvalue weighted by atomic mass is 9.75. The van der Waals surface area contributed by atoms with Gasteiger partial charge < -0.3 is 14.9 Å². The van der Waals surface area contributed by atoms with Crippen LogP contribution < -0.4 is 0 Å². The number of aliphatic hydroxyl groups is 2. The van der Waals surface area contributed by atoms with Gasteiger partial charge in [-0.25, -0.2) is 0 Å². The van der Waals surface area contributed by atoms with Gasteiger partial charge in [0.15, 0.2) is 0 Å². The van der Waals surface area contributed by atoms with Crippen LogP contribution in [-0.4, -0.2) is 23.4 Å². The highest BCUT2D eigenvalue weighted by Crippen LogP contribution is 2.34. The quantitative estimate of drug-likeness (QED) is 0.361. The van der Waals surface area contributed by atoms with Gasteiger partial charge in [0.2, 0.25) is 0 Å². The Bertz CT molecular complexity index is 362. The minimum Gasteiger partial charge on any atom is -0.473 e. The molecule has 0 aliphatic heterocycles. The highest BCUT2D eigenvalue weighted by molar-refractivity contribution is 5.01. The third-order valence-corrected chi connectivity index (χ3v) is 5.67. The Morgan fingerprint density at radius 2 is 1.22 bits per heavy atom. The zero-order valence-electron chi connectivity index (χ0n) is 18.6. The summed E-state index contributed by atoms with van der Waals surface area (Å²) >= 11 is 0. The molecule has 1 aliphatic carbocycles. The van der Waals surface area contributed by atoms with E-state index in [9.17, 15) is 0 Å². The minimum atomic E-state index is -0.127. The highest BCUT2D eigenvalue weighted by Gasteiger charge is 2.30. The molecule has 1 aliphatic rings. The Hall–Kier alpha value is -0.800. The van der Waals surface area contributed by atoms with Crippen LogP contribution in [0.15, 0.2) is 23.7 Å². The van der Waals surface area contributed by atoms with E-state index in [0.717, 1.165) is 25.7 Å². The van der Waals surface area contributed by atoms with Crippen LogP contribution in [0.2, 0.25) is 0 Å². The summed E-state index contributed by atoms with van der Waals surface area (Å²) in [5, 5.41) is 18.0. The number of unbranched alkanes of at least 4 members (excludes halogenated alkanes) is 2. The van der Waals surface area contributed by atoms with Gasteiger partial charge in [-0.05, 0) is 62.5 Å². The van der Waals surface area contributed by atoms with Gasteiger partial charge in [0.05, 0.1) is 25.7 Å². The predicted molar refractivity (Wildman–Crippen MR) is 117 cm³/mol. The molecule has 0 atom stereocenters. The van der Waals surface area contributed by atoms with Crippen LogP contribution in [0.3, 0.4) is 0 Å². The third-order valence-electron chi connectivity index (χ3n) is 5.67. The molecule has 0 saturated heterocycles. The van der Waals surface area contributed by atoms with Crippen LogP contribution in [0, 0.1) is 5.41 Å². The molecule has 27 heavy (non-hydrogen) atoms. The molecule has 0 aromatic carbocycles. The molecule has 3 nitrogen and oxygen atoms in total. The summed E-state index contributed by atoms with van der Waals surface area (Å²) in [5.74, 6) is 0. The van der Waals surface area contributed by atoms with Crippen molar-refractivity contribution in [3.05, 3.63) is 23.7 Å². The maximum absolute atomic E-state index is 8.98. The van der Waals surface area contributed by atoms with E-state index in [1.165, 1.54) is 68.9 Å². The van der Waals surface area contributed by atoms with E-state index < -0.39 is 0 Å². The molecule has 1 rings (SSSR count). The normalized spacial score (nSPS) is 17.3. The zero-order chi connectivity index (χ0) is 20.4. The van der Waals surface area contributed by atoms with Gasteiger partial charge >= 0.3 is 0 Å². The lowest BCUT2D eigenvalue weighted by Gasteiger charge is -2.33. The molecule has 0 spiro atoms. The Morgan fingerprint density at radius 3 is 1.52 bits per heavy atom. The van der Waals surface area contributed by atoms with Gasteiger partial charge in [-0.15, -0.1) is 0 Å². The summed E-state index contributed by atoms with van der Waals surface area (Å²) in [7, 11) is 0. The first-order chi connectivity index (χ1) is 13.1. The Kier molecular flexibility index (Phi) is 16.8.